The Morgan fingerprint density at radius 2 is 0.698 bits per heavy atom. The molecule has 4 aromatic rings. The molecule has 4 aromatic carbocycles. The third-order valence-corrected chi connectivity index (χ3v) is 8.24. The van der Waals surface area contributed by atoms with Crippen molar-refractivity contribution in [2.75, 3.05) is 0 Å². The maximum atomic E-state index is 4.11. The molecule has 0 saturated carbocycles. The lowest BCUT2D eigenvalue weighted by Gasteiger charge is -2.25. The van der Waals surface area contributed by atoms with E-state index in [9.17, 15) is 0 Å². The van der Waals surface area contributed by atoms with Gasteiger partial charge in [0.2, 0.25) is 0 Å². The van der Waals surface area contributed by atoms with Gasteiger partial charge in [0.25, 0.3) is 0 Å². The average molecular weight is 565 g/mol. The van der Waals surface area contributed by atoms with Crippen molar-refractivity contribution in [2.45, 2.75) is 71.1 Å². The molecule has 0 nitrogen and oxygen atoms in total. The lowest BCUT2D eigenvalue weighted by Crippen LogP contribution is -2.19. The smallest absolute Gasteiger partial charge is 0.0574 e. The number of benzene rings is 4. The molecular formula is C43H48. The zero-order chi connectivity index (χ0) is 30.7. The van der Waals surface area contributed by atoms with Crippen LogP contribution in [0.2, 0.25) is 0 Å². The van der Waals surface area contributed by atoms with Crippen LogP contribution >= 0.6 is 0 Å². The first-order chi connectivity index (χ1) is 21.1. The van der Waals surface area contributed by atoms with Crippen molar-refractivity contribution < 1.29 is 0 Å². The van der Waals surface area contributed by atoms with E-state index in [0.29, 0.717) is 0 Å². The highest BCUT2D eigenvalue weighted by Gasteiger charge is 2.39. The third kappa shape index (κ3) is 6.02. The van der Waals surface area contributed by atoms with Gasteiger partial charge in [0, 0.05) is 0 Å². The van der Waals surface area contributed by atoms with Gasteiger partial charge in [-0.2, -0.15) is 0 Å². The van der Waals surface area contributed by atoms with Gasteiger partial charge < -0.3 is 0 Å². The van der Waals surface area contributed by atoms with E-state index in [1.54, 1.807) is 0 Å². The summed E-state index contributed by atoms with van der Waals surface area (Å²) < 4.78 is 0. The molecule has 0 N–H and O–H groups in total. The summed E-state index contributed by atoms with van der Waals surface area (Å²) in [6.07, 6.45) is 20.4. The Kier molecular flexibility index (Phi) is 11.0. The molecule has 0 amide bonds. The van der Waals surface area contributed by atoms with Gasteiger partial charge >= 0.3 is 0 Å². The Labute approximate surface area is 261 Å². The van der Waals surface area contributed by atoms with E-state index in [4.69, 9.17) is 0 Å². The first kappa shape index (κ1) is 31.8. The molecule has 0 radical (unpaired) electrons. The van der Waals surface area contributed by atoms with Crippen molar-refractivity contribution in [3.63, 3.8) is 0 Å². The summed E-state index contributed by atoms with van der Waals surface area (Å²) in [6.45, 7) is 14.9. The van der Waals surface area contributed by atoms with Gasteiger partial charge in [0.15, 0.2) is 0 Å². The highest BCUT2D eigenvalue weighted by Crippen LogP contribution is 2.51. The van der Waals surface area contributed by atoms with E-state index in [-0.39, 0.29) is 10.8 Å². The Morgan fingerprint density at radius 3 is 0.977 bits per heavy atom. The maximum absolute atomic E-state index is 4.11. The largest absolute Gasteiger partial charge is 0.102 e. The van der Waals surface area contributed by atoms with Crippen LogP contribution < -0.4 is 0 Å². The van der Waals surface area contributed by atoms with E-state index in [1.807, 2.05) is 0 Å². The van der Waals surface area contributed by atoms with Gasteiger partial charge in [0.1, 0.15) is 0 Å². The van der Waals surface area contributed by atoms with Gasteiger partial charge in [-0.25, -0.2) is 0 Å². The molecule has 6 rings (SSSR count). The predicted octanol–water partition coefficient (Wildman–Crippen LogP) is 12.4. The molecule has 0 fully saturated rings. The van der Waals surface area contributed by atoms with Crippen LogP contribution in [0.3, 0.4) is 0 Å². The quantitative estimate of drug-likeness (QED) is 0.196. The lowest BCUT2D eigenvalue weighted by molar-refractivity contribution is 0.832. The second-order valence-corrected chi connectivity index (χ2v) is 11.3. The third-order valence-electron chi connectivity index (χ3n) is 8.24. The highest BCUT2D eigenvalue weighted by atomic mass is 14.4. The summed E-state index contributed by atoms with van der Waals surface area (Å²) in [5.74, 6) is 0. The fourth-order valence-electron chi connectivity index (χ4n) is 6.40. The molecule has 220 valence electrons. The van der Waals surface area contributed by atoms with Gasteiger partial charge in [-0.1, -0.05) is 181 Å². The zero-order valence-electron chi connectivity index (χ0n) is 26.8. The fourth-order valence-corrected chi connectivity index (χ4v) is 6.40. The number of hydrogen-bond acceptors (Lipinski definition) is 0. The Balaban J connectivity index is 0.000000181. The van der Waals surface area contributed by atoms with Gasteiger partial charge in [-0.3, -0.25) is 0 Å². The average Bonchev–Trinajstić information content (AvgIpc) is 3.50. The Morgan fingerprint density at radius 1 is 0.442 bits per heavy atom. The molecule has 0 bridgehead atoms. The van der Waals surface area contributed by atoms with E-state index in [2.05, 4.69) is 181 Å². The molecule has 0 saturated heterocycles. The fraction of sp³-hybridized carbons (Fsp3) is 0.256. The van der Waals surface area contributed by atoms with Crippen molar-refractivity contribution in [3.05, 3.63) is 168 Å². The van der Waals surface area contributed by atoms with Crippen molar-refractivity contribution in [2.24, 2.45) is 0 Å². The first-order valence-corrected chi connectivity index (χ1v) is 16.1. The van der Waals surface area contributed by atoms with Gasteiger partial charge in [-0.15, -0.1) is 6.58 Å². The van der Waals surface area contributed by atoms with Crippen LogP contribution in [-0.2, 0) is 10.8 Å². The van der Waals surface area contributed by atoms with Crippen LogP contribution in [0, 0.1) is 0 Å². The number of rotatable bonds is 7. The summed E-state index contributed by atoms with van der Waals surface area (Å²) in [5.41, 5.74) is 10.6. The summed E-state index contributed by atoms with van der Waals surface area (Å²) >= 11 is 0. The summed E-state index contributed by atoms with van der Waals surface area (Å²) in [4.78, 5) is 0. The van der Waals surface area contributed by atoms with Gasteiger partial charge in [0.05, 0.1) is 10.8 Å². The molecule has 0 spiro atoms. The Hall–Kier alpha value is -4.16. The molecule has 0 unspecified atom stereocenters. The summed E-state index contributed by atoms with van der Waals surface area (Å²) in [5, 5.41) is 0. The molecular weight excluding hydrogens is 516 g/mol. The molecule has 2 aliphatic carbocycles. The standard InChI is InChI=1S/C21H22.C19H18.C3H8/c1-3-5-15-21(16-6-4-2)19-13-9-7-11-17(19)18-12-8-10-14-20(18)21;1-3-5-14-19(4-2)17-12-8-6-10-15(17)16-11-7-9-13-18(16)19;1-3-2/h5-16H,3-4H2,1-2H3;4-14H,2-3H2,1H3;3H2,1-2H3. The minimum Gasteiger partial charge on any atom is -0.102 e. The number of allylic oxidation sites excluding steroid dienone is 7. The van der Waals surface area contributed by atoms with Gasteiger partial charge in [-0.05, 0) is 63.8 Å². The van der Waals surface area contributed by atoms with Crippen LogP contribution in [0.1, 0.15) is 82.6 Å². The molecule has 0 aliphatic heterocycles. The molecule has 43 heavy (non-hydrogen) atoms. The summed E-state index contributed by atoms with van der Waals surface area (Å²) in [6, 6.07) is 34.9. The molecule has 0 aromatic heterocycles. The van der Waals surface area contributed by atoms with E-state index in [0.717, 1.165) is 19.3 Å². The van der Waals surface area contributed by atoms with Crippen LogP contribution in [0.25, 0.3) is 22.3 Å². The van der Waals surface area contributed by atoms with Crippen LogP contribution in [0.4, 0.5) is 0 Å². The highest BCUT2D eigenvalue weighted by molar-refractivity contribution is 5.84. The zero-order valence-corrected chi connectivity index (χ0v) is 26.8. The van der Waals surface area contributed by atoms with Crippen molar-refractivity contribution in [1.29, 1.82) is 0 Å². The SMILES string of the molecule is C=CC1(C=CCC)c2ccccc2-c2ccccc21.CCC.CCC=CC1(C=CCC)c2ccccc2-c2ccccc21. The molecule has 0 atom stereocenters. The molecule has 0 heteroatoms. The van der Waals surface area contributed by atoms with Crippen molar-refractivity contribution in [3.8, 4) is 22.3 Å². The maximum Gasteiger partial charge on any atom is 0.0574 e. The first-order valence-electron chi connectivity index (χ1n) is 16.1. The van der Waals surface area contributed by atoms with E-state index in [1.165, 1.54) is 50.9 Å². The van der Waals surface area contributed by atoms with Crippen molar-refractivity contribution >= 4 is 0 Å². The monoisotopic (exact) mass is 564 g/mol. The number of fused-ring (bicyclic) bond motifs is 6. The summed E-state index contributed by atoms with van der Waals surface area (Å²) in [7, 11) is 0. The predicted molar refractivity (Wildman–Crippen MR) is 190 cm³/mol. The molecule has 0 heterocycles. The topological polar surface area (TPSA) is 0 Å². The second kappa shape index (κ2) is 14.8. The molecule has 2 aliphatic rings. The minimum absolute atomic E-state index is 0.0980. The Bertz CT molecular complexity index is 1480. The van der Waals surface area contributed by atoms with E-state index < -0.39 is 0 Å². The van der Waals surface area contributed by atoms with Crippen LogP contribution in [-0.4, -0.2) is 0 Å². The minimum atomic E-state index is -0.163. The van der Waals surface area contributed by atoms with Crippen LogP contribution in [0.15, 0.2) is 146 Å². The van der Waals surface area contributed by atoms with E-state index >= 15 is 0 Å². The lowest BCUT2D eigenvalue weighted by atomic mass is 9.77. The second-order valence-electron chi connectivity index (χ2n) is 11.3. The number of hydrogen-bond donors (Lipinski definition) is 0. The van der Waals surface area contributed by atoms with Crippen molar-refractivity contribution in [1.82, 2.24) is 0 Å². The van der Waals surface area contributed by atoms with Crippen LogP contribution in [0.5, 0.6) is 0 Å². The normalized spacial score (nSPS) is 14.7.